The van der Waals surface area contributed by atoms with E-state index in [4.69, 9.17) is 0 Å². The predicted octanol–water partition coefficient (Wildman–Crippen LogP) is 1.38. The Morgan fingerprint density at radius 1 is 1.70 bits per heavy atom. The van der Waals surface area contributed by atoms with Gasteiger partial charge in [-0.1, -0.05) is 6.92 Å². The Bertz CT molecular complexity index is 250. The number of aryl methyl sites for hydroxylation is 1. The van der Waals surface area contributed by atoms with Crippen LogP contribution in [0.5, 0.6) is 0 Å². The molecule has 0 fully saturated rings. The highest BCUT2D eigenvalue weighted by Gasteiger charge is 2.18. The van der Waals surface area contributed by atoms with Crippen molar-refractivity contribution in [3.8, 4) is 0 Å². The first-order valence-corrected chi connectivity index (χ1v) is 3.78. The molecule has 0 aliphatic carbocycles. The lowest BCUT2D eigenvalue weighted by atomic mass is 10.1. The Labute approximate surface area is 60.9 Å². The summed E-state index contributed by atoms with van der Waals surface area (Å²) in [5.74, 6) is 1.98. The molecule has 1 aliphatic heterocycles. The topological polar surface area (TPSA) is 17.8 Å². The zero-order chi connectivity index (χ0) is 7.14. The van der Waals surface area contributed by atoms with Crippen LogP contribution in [0.4, 0.5) is 0 Å². The largest absolute Gasteiger partial charge is 0.332 e. The first-order valence-electron chi connectivity index (χ1n) is 3.78. The van der Waals surface area contributed by atoms with Crippen LogP contribution in [-0.4, -0.2) is 9.55 Å². The lowest BCUT2D eigenvalue weighted by Crippen LogP contribution is -1.99. The Kier molecular flexibility index (Phi) is 1.10. The second-order valence-electron chi connectivity index (χ2n) is 3.22. The number of hydrogen-bond donors (Lipinski definition) is 0. The molecule has 0 radical (unpaired) electrons. The number of fused-ring (bicyclic) bond motifs is 1. The Morgan fingerprint density at radius 3 is 3.20 bits per heavy atom. The van der Waals surface area contributed by atoms with Gasteiger partial charge in [0.15, 0.2) is 0 Å². The fourth-order valence-corrected chi connectivity index (χ4v) is 1.66. The summed E-state index contributed by atoms with van der Waals surface area (Å²) >= 11 is 0. The SMILES string of the molecule is Cc1ncc2n1CC(C)C2. The van der Waals surface area contributed by atoms with Crippen molar-refractivity contribution in [2.24, 2.45) is 5.92 Å². The van der Waals surface area contributed by atoms with E-state index in [-0.39, 0.29) is 0 Å². The Balaban J connectivity index is 2.44. The van der Waals surface area contributed by atoms with Gasteiger partial charge < -0.3 is 4.57 Å². The molecule has 2 heterocycles. The maximum Gasteiger partial charge on any atom is 0.105 e. The van der Waals surface area contributed by atoms with Crippen molar-refractivity contribution in [1.82, 2.24) is 9.55 Å². The van der Waals surface area contributed by atoms with E-state index in [2.05, 4.69) is 23.4 Å². The highest BCUT2D eigenvalue weighted by atomic mass is 15.1. The molecular formula is C8H12N2. The number of nitrogens with zero attached hydrogens (tertiary/aromatic N) is 2. The molecule has 0 aromatic carbocycles. The van der Waals surface area contributed by atoms with E-state index >= 15 is 0 Å². The van der Waals surface area contributed by atoms with Crippen molar-refractivity contribution in [3.05, 3.63) is 17.7 Å². The smallest absolute Gasteiger partial charge is 0.105 e. The van der Waals surface area contributed by atoms with Crippen molar-refractivity contribution < 1.29 is 0 Å². The molecule has 54 valence electrons. The second-order valence-corrected chi connectivity index (χ2v) is 3.22. The highest BCUT2D eigenvalue weighted by molar-refractivity contribution is 5.09. The minimum Gasteiger partial charge on any atom is -0.332 e. The van der Waals surface area contributed by atoms with E-state index in [1.54, 1.807) is 0 Å². The Morgan fingerprint density at radius 2 is 2.50 bits per heavy atom. The first kappa shape index (κ1) is 5.96. The maximum atomic E-state index is 4.24. The number of hydrogen-bond acceptors (Lipinski definition) is 1. The fraction of sp³-hybridized carbons (Fsp3) is 0.625. The number of imidazole rings is 1. The molecule has 0 spiro atoms. The van der Waals surface area contributed by atoms with Crippen LogP contribution < -0.4 is 0 Å². The van der Waals surface area contributed by atoms with Gasteiger partial charge in [-0.25, -0.2) is 4.98 Å². The molecule has 0 bridgehead atoms. The molecular weight excluding hydrogens is 124 g/mol. The van der Waals surface area contributed by atoms with Crippen LogP contribution in [0.3, 0.4) is 0 Å². The van der Waals surface area contributed by atoms with Gasteiger partial charge >= 0.3 is 0 Å². The minimum atomic E-state index is 0.816. The van der Waals surface area contributed by atoms with Gasteiger partial charge in [-0.2, -0.15) is 0 Å². The van der Waals surface area contributed by atoms with Gasteiger partial charge in [-0.3, -0.25) is 0 Å². The first-order chi connectivity index (χ1) is 4.77. The molecule has 1 unspecified atom stereocenters. The van der Waals surface area contributed by atoms with Crippen LogP contribution >= 0.6 is 0 Å². The van der Waals surface area contributed by atoms with E-state index < -0.39 is 0 Å². The van der Waals surface area contributed by atoms with Crippen LogP contribution in [-0.2, 0) is 13.0 Å². The Hall–Kier alpha value is -0.790. The zero-order valence-corrected chi connectivity index (χ0v) is 6.46. The third-order valence-corrected chi connectivity index (χ3v) is 2.19. The normalized spacial score (nSPS) is 23.2. The van der Waals surface area contributed by atoms with Gasteiger partial charge in [-0.15, -0.1) is 0 Å². The van der Waals surface area contributed by atoms with E-state index in [1.807, 2.05) is 6.20 Å². The summed E-state index contributed by atoms with van der Waals surface area (Å²) in [6.45, 7) is 5.52. The molecule has 2 rings (SSSR count). The number of aromatic nitrogens is 2. The molecule has 10 heavy (non-hydrogen) atoms. The highest BCUT2D eigenvalue weighted by Crippen LogP contribution is 2.20. The lowest BCUT2D eigenvalue weighted by Gasteiger charge is -1.99. The van der Waals surface area contributed by atoms with Crippen LogP contribution in [0.15, 0.2) is 6.20 Å². The molecule has 1 atom stereocenters. The van der Waals surface area contributed by atoms with E-state index in [1.165, 1.54) is 24.5 Å². The maximum absolute atomic E-state index is 4.24. The quantitative estimate of drug-likeness (QED) is 0.527. The van der Waals surface area contributed by atoms with Gasteiger partial charge in [-0.05, 0) is 19.3 Å². The van der Waals surface area contributed by atoms with Crippen molar-refractivity contribution in [2.75, 3.05) is 0 Å². The second kappa shape index (κ2) is 1.84. The van der Waals surface area contributed by atoms with Gasteiger partial charge in [0.1, 0.15) is 5.82 Å². The summed E-state index contributed by atoms with van der Waals surface area (Å²) in [5, 5.41) is 0. The monoisotopic (exact) mass is 136 g/mol. The molecule has 1 aromatic heterocycles. The van der Waals surface area contributed by atoms with Crippen molar-refractivity contribution in [2.45, 2.75) is 26.8 Å². The summed E-state index contributed by atoms with van der Waals surface area (Å²) in [4.78, 5) is 4.24. The lowest BCUT2D eigenvalue weighted by molar-refractivity contribution is 0.553. The molecule has 2 heteroatoms. The van der Waals surface area contributed by atoms with Crippen molar-refractivity contribution in [3.63, 3.8) is 0 Å². The molecule has 1 aliphatic rings. The third-order valence-electron chi connectivity index (χ3n) is 2.19. The van der Waals surface area contributed by atoms with Crippen molar-refractivity contribution in [1.29, 1.82) is 0 Å². The summed E-state index contributed by atoms with van der Waals surface area (Å²) in [6, 6.07) is 0. The number of rotatable bonds is 0. The van der Waals surface area contributed by atoms with Gasteiger partial charge in [0, 0.05) is 18.4 Å². The van der Waals surface area contributed by atoms with Crippen molar-refractivity contribution >= 4 is 0 Å². The van der Waals surface area contributed by atoms with E-state index in [0.717, 1.165) is 5.92 Å². The van der Waals surface area contributed by atoms with Crippen LogP contribution in [0.1, 0.15) is 18.4 Å². The summed E-state index contributed by atoms with van der Waals surface area (Å²) in [5.41, 5.74) is 1.41. The summed E-state index contributed by atoms with van der Waals surface area (Å²) < 4.78 is 2.31. The molecule has 0 saturated heterocycles. The minimum absolute atomic E-state index is 0.816. The molecule has 0 N–H and O–H groups in total. The molecule has 0 amide bonds. The van der Waals surface area contributed by atoms with Gasteiger partial charge in [0.2, 0.25) is 0 Å². The predicted molar refractivity (Wildman–Crippen MR) is 39.8 cm³/mol. The fourth-order valence-electron chi connectivity index (χ4n) is 1.66. The zero-order valence-electron chi connectivity index (χ0n) is 6.46. The van der Waals surface area contributed by atoms with Gasteiger partial charge in [0.25, 0.3) is 0 Å². The molecule has 0 saturated carbocycles. The average Bonchev–Trinajstić information content (AvgIpc) is 2.35. The van der Waals surface area contributed by atoms with E-state index in [0.29, 0.717) is 0 Å². The van der Waals surface area contributed by atoms with Gasteiger partial charge in [0.05, 0.1) is 0 Å². The molecule has 2 nitrogen and oxygen atoms in total. The third kappa shape index (κ3) is 0.681. The molecule has 1 aromatic rings. The van der Waals surface area contributed by atoms with E-state index in [9.17, 15) is 0 Å². The van der Waals surface area contributed by atoms with Crippen LogP contribution in [0.25, 0.3) is 0 Å². The average molecular weight is 136 g/mol. The summed E-state index contributed by atoms with van der Waals surface area (Å²) in [7, 11) is 0. The van der Waals surface area contributed by atoms with Crippen LogP contribution in [0, 0.1) is 12.8 Å². The standard InChI is InChI=1S/C8H12N2/c1-6-3-8-4-9-7(2)10(8)5-6/h4,6H,3,5H2,1-2H3. The summed E-state index contributed by atoms with van der Waals surface area (Å²) in [6.07, 6.45) is 3.21. The van der Waals surface area contributed by atoms with Crippen LogP contribution in [0.2, 0.25) is 0 Å².